The highest BCUT2D eigenvalue weighted by Crippen LogP contribution is 2.34. The van der Waals surface area contributed by atoms with Crippen molar-refractivity contribution in [1.82, 2.24) is 0 Å². The van der Waals surface area contributed by atoms with E-state index in [0.29, 0.717) is 5.02 Å². The number of rotatable bonds is 2. The fourth-order valence-corrected chi connectivity index (χ4v) is 2.76. The summed E-state index contributed by atoms with van der Waals surface area (Å²) in [4.78, 5) is 2.13. The molecule has 1 N–H and O–H groups in total. The molecule has 2 aromatic rings. The minimum Gasteiger partial charge on any atom is -0.380 e. The number of thiophene rings is 1. The Hall–Kier alpha value is -0.830. The van der Waals surface area contributed by atoms with Crippen LogP contribution in [0.3, 0.4) is 0 Å². The maximum absolute atomic E-state index is 10.5. The summed E-state index contributed by atoms with van der Waals surface area (Å²) in [5, 5.41) is 11.2. The summed E-state index contributed by atoms with van der Waals surface area (Å²) in [5.41, 5.74) is -0.147. The maximum atomic E-state index is 10.5. The van der Waals surface area contributed by atoms with Gasteiger partial charge in [0.25, 0.3) is 0 Å². The summed E-state index contributed by atoms with van der Waals surface area (Å²) in [5.74, 6) is 0. The van der Waals surface area contributed by atoms with Crippen LogP contribution in [0.5, 0.6) is 0 Å². The third-order valence-corrected chi connectivity index (χ3v) is 4.05. The Kier molecular flexibility index (Phi) is 3.06. The van der Waals surface area contributed by atoms with Gasteiger partial charge in [-0.1, -0.05) is 23.7 Å². The van der Waals surface area contributed by atoms with Crippen molar-refractivity contribution in [3.63, 3.8) is 0 Å². The highest BCUT2D eigenvalue weighted by atomic mass is 35.5. The minimum absolute atomic E-state index is 0.644. The molecule has 16 heavy (non-hydrogen) atoms. The number of hydrogen-bond acceptors (Lipinski definition) is 2. The molecule has 0 fully saturated rings. The molecular formula is C13H13ClOS. The Labute approximate surface area is 104 Å². The molecule has 0 radical (unpaired) electrons. The van der Waals surface area contributed by atoms with Gasteiger partial charge in [0.05, 0.1) is 0 Å². The number of aryl methyl sites for hydroxylation is 1. The Morgan fingerprint density at radius 2 is 2.00 bits per heavy atom. The average molecular weight is 253 g/mol. The molecule has 0 saturated heterocycles. The molecule has 0 aliphatic carbocycles. The lowest BCUT2D eigenvalue weighted by Gasteiger charge is -2.22. The zero-order valence-corrected chi connectivity index (χ0v) is 10.8. The Morgan fingerprint density at radius 1 is 1.25 bits per heavy atom. The van der Waals surface area contributed by atoms with E-state index >= 15 is 0 Å². The molecule has 84 valence electrons. The van der Waals surface area contributed by atoms with Crippen LogP contribution in [-0.2, 0) is 5.60 Å². The fraction of sp³-hybridized carbons (Fsp3) is 0.231. The van der Waals surface area contributed by atoms with Crippen molar-refractivity contribution in [3.05, 3.63) is 56.7 Å². The Morgan fingerprint density at radius 3 is 2.56 bits per heavy atom. The van der Waals surface area contributed by atoms with Crippen LogP contribution < -0.4 is 0 Å². The second kappa shape index (κ2) is 4.21. The van der Waals surface area contributed by atoms with Crippen LogP contribution in [0.4, 0.5) is 0 Å². The summed E-state index contributed by atoms with van der Waals surface area (Å²) in [6.07, 6.45) is 0. The molecule has 1 aromatic carbocycles. The van der Waals surface area contributed by atoms with Crippen LogP contribution in [0.25, 0.3) is 0 Å². The third-order valence-electron chi connectivity index (χ3n) is 2.61. The van der Waals surface area contributed by atoms with Gasteiger partial charge in [-0.05, 0) is 43.7 Å². The Bertz CT molecular complexity index is 502. The van der Waals surface area contributed by atoms with E-state index in [2.05, 4.69) is 0 Å². The molecule has 0 aliphatic rings. The van der Waals surface area contributed by atoms with Gasteiger partial charge in [0.2, 0.25) is 0 Å². The number of hydrogen-bond donors (Lipinski definition) is 1. The molecule has 1 atom stereocenters. The molecule has 0 saturated carbocycles. The quantitative estimate of drug-likeness (QED) is 0.858. The van der Waals surface area contributed by atoms with Crippen molar-refractivity contribution < 1.29 is 5.11 Å². The molecule has 2 rings (SSSR count). The van der Waals surface area contributed by atoms with E-state index in [-0.39, 0.29) is 0 Å². The van der Waals surface area contributed by atoms with Gasteiger partial charge in [0.1, 0.15) is 5.60 Å². The maximum Gasteiger partial charge on any atom is 0.121 e. The summed E-state index contributed by atoms with van der Waals surface area (Å²) < 4.78 is 0. The molecule has 1 nitrogen and oxygen atoms in total. The lowest BCUT2D eigenvalue weighted by atomic mass is 9.94. The van der Waals surface area contributed by atoms with Crippen molar-refractivity contribution in [3.8, 4) is 0 Å². The predicted molar refractivity (Wildman–Crippen MR) is 69.2 cm³/mol. The normalized spacial score (nSPS) is 14.8. The van der Waals surface area contributed by atoms with Gasteiger partial charge in [-0.3, -0.25) is 0 Å². The molecule has 1 heterocycles. The van der Waals surface area contributed by atoms with E-state index in [4.69, 9.17) is 11.6 Å². The highest BCUT2D eigenvalue weighted by molar-refractivity contribution is 7.12. The van der Waals surface area contributed by atoms with E-state index in [1.807, 2.05) is 31.2 Å². The first-order valence-corrected chi connectivity index (χ1v) is 6.25. The first kappa shape index (κ1) is 11.6. The molecular weight excluding hydrogens is 240 g/mol. The van der Waals surface area contributed by atoms with Crippen LogP contribution in [0.15, 0.2) is 36.4 Å². The zero-order valence-electron chi connectivity index (χ0n) is 9.20. The monoisotopic (exact) mass is 252 g/mol. The van der Waals surface area contributed by atoms with Gasteiger partial charge >= 0.3 is 0 Å². The van der Waals surface area contributed by atoms with E-state index in [0.717, 1.165) is 10.4 Å². The van der Waals surface area contributed by atoms with Crippen LogP contribution in [-0.4, -0.2) is 5.11 Å². The van der Waals surface area contributed by atoms with E-state index in [9.17, 15) is 5.11 Å². The van der Waals surface area contributed by atoms with Gasteiger partial charge < -0.3 is 5.11 Å². The number of benzene rings is 1. The second-order valence-electron chi connectivity index (χ2n) is 3.99. The predicted octanol–water partition coefficient (Wildman–Crippen LogP) is 3.97. The SMILES string of the molecule is Cc1ccc(C(C)(O)c2cccc(Cl)c2)s1. The van der Waals surface area contributed by atoms with Gasteiger partial charge in [-0.15, -0.1) is 11.3 Å². The molecule has 0 amide bonds. The third kappa shape index (κ3) is 2.14. The lowest BCUT2D eigenvalue weighted by molar-refractivity contribution is 0.106. The second-order valence-corrected chi connectivity index (χ2v) is 5.72. The van der Waals surface area contributed by atoms with Crippen molar-refractivity contribution >= 4 is 22.9 Å². The average Bonchev–Trinajstić information content (AvgIpc) is 2.65. The minimum atomic E-state index is -0.968. The van der Waals surface area contributed by atoms with Crippen LogP contribution in [0.2, 0.25) is 5.02 Å². The van der Waals surface area contributed by atoms with Gasteiger partial charge in [0.15, 0.2) is 0 Å². The van der Waals surface area contributed by atoms with Crippen LogP contribution >= 0.6 is 22.9 Å². The summed E-state index contributed by atoms with van der Waals surface area (Å²) in [7, 11) is 0. The number of aliphatic hydroxyl groups is 1. The smallest absolute Gasteiger partial charge is 0.121 e. The molecule has 0 aliphatic heterocycles. The first-order chi connectivity index (χ1) is 7.50. The zero-order chi connectivity index (χ0) is 11.8. The summed E-state index contributed by atoms with van der Waals surface area (Å²) in [6.45, 7) is 3.83. The van der Waals surface area contributed by atoms with Gasteiger partial charge in [-0.25, -0.2) is 0 Å². The summed E-state index contributed by atoms with van der Waals surface area (Å²) in [6, 6.07) is 11.3. The van der Waals surface area contributed by atoms with Gasteiger partial charge in [-0.2, -0.15) is 0 Å². The van der Waals surface area contributed by atoms with E-state index < -0.39 is 5.60 Å². The van der Waals surface area contributed by atoms with Crippen LogP contribution in [0, 0.1) is 6.92 Å². The molecule has 1 unspecified atom stereocenters. The number of halogens is 1. The standard InChI is InChI=1S/C13H13ClOS/c1-9-6-7-12(16-9)13(2,15)10-4-3-5-11(14)8-10/h3-8,15H,1-2H3. The molecule has 0 bridgehead atoms. The van der Waals surface area contributed by atoms with Gasteiger partial charge in [0, 0.05) is 14.8 Å². The Balaban J connectivity index is 2.46. The van der Waals surface area contributed by atoms with Crippen molar-refractivity contribution in [2.24, 2.45) is 0 Å². The fourth-order valence-electron chi connectivity index (χ4n) is 1.63. The molecule has 3 heteroatoms. The van der Waals surface area contributed by atoms with Crippen molar-refractivity contribution in [1.29, 1.82) is 0 Å². The highest BCUT2D eigenvalue weighted by Gasteiger charge is 2.27. The van der Waals surface area contributed by atoms with Crippen molar-refractivity contribution in [2.45, 2.75) is 19.4 Å². The molecule has 1 aromatic heterocycles. The molecule has 0 spiro atoms. The van der Waals surface area contributed by atoms with E-state index in [1.165, 1.54) is 4.88 Å². The van der Waals surface area contributed by atoms with Crippen molar-refractivity contribution in [2.75, 3.05) is 0 Å². The lowest BCUT2D eigenvalue weighted by Crippen LogP contribution is -2.21. The largest absolute Gasteiger partial charge is 0.380 e. The van der Waals surface area contributed by atoms with Crippen LogP contribution in [0.1, 0.15) is 22.2 Å². The topological polar surface area (TPSA) is 20.2 Å². The van der Waals surface area contributed by atoms with E-state index in [1.54, 1.807) is 30.4 Å². The first-order valence-electron chi connectivity index (χ1n) is 5.05. The summed E-state index contributed by atoms with van der Waals surface area (Å²) >= 11 is 7.54.